The molecular weight excluding hydrogens is 224 g/mol. The number of nitrogens with one attached hydrogen (secondary N) is 1. The number of nitrogens with zero attached hydrogens (tertiary/aromatic N) is 1. The topological polar surface area (TPSA) is 45.8 Å². The summed E-state index contributed by atoms with van der Waals surface area (Å²) < 4.78 is 0. The second-order valence-corrected chi connectivity index (χ2v) is 5.55. The molecule has 0 bridgehead atoms. The summed E-state index contributed by atoms with van der Waals surface area (Å²) in [5.74, 6) is 0. The number of aryl methyl sites for hydroxylation is 1. The van der Waals surface area contributed by atoms with Gasteiger partial charge in [-0.2, -0.15) is 4.98 Å². The summed E-state index contributed by atoms with van der Waals surface area (Å²) in [4.78, 5) is 18.6. The summed E-state index contributed by atoms with van der Waals surface area (Å²) in [5, 5.41) is 0. The highest BCUT2D eigenvalue weighted by Gasteiger charge is 2.17. The molecule has 1 N–H and O–H groups in total. The van der Waals surface area contributed by atoms with E-state index >= 15 is 0 Å². The second-order valence-electron chi connectivity index (χ2n) is 5.55. The van der Waals surface area contributed by atoms with E-state index in [0.29, 0.717) is 0 Å². The fourth-order valence-electron chi connectivity index (χ4n) is 1.86. The van der Waals surface area contributed by atoms with E-state index in [9.17, 15) is 4.79 Å². The quantitative estimate of drug-likeness (QED) is 0.835. The number of H-pyrrole nitrogens is 1. The average Bonchev–Trinajstić information content (AvgIpc) is 2.27. The van der Waals surface area contributed by atoms with Crippen molar-refractivity contribution in [3.63, 3.8) is 0 Å². The van der Waals surface area contributed by atoms with Crippen molar-refractivity contribution in [1.82, 2.24) is 9.97 Å². The Morgan fingerprint density at radius 3 is 2.44 bits per heavy atom. The van der Waals surface area contributed by atoms with E-state index in [4.69, 9.17) is 0 Å². The van der Waals surface area contributed by atoms with Crippen LogP contribution in [0.25, 0.3) is 11.3 Å². The maximum Gasteiger partial charge on any atom is 0.345 e. The van der Waals surface area contributed by atoms with Crippen LogP contribution in [0.1, 0.15) is 32.0 Å². The van der Waals surface area contributed by atoms with Gasteiger partial charge in [-0.05, 0) is 18.6 Å². The molecule has 0 aliphatic heterocycles. The van der Waals surface area contributed by atoms with Crippen LogP contribution in [0.4, 0.5) is 0 Å². The lowest BCUT2D eigenvalue weighted by atomic mass is 9.91. The molecule has 0 fully saturated rings. The Kier molecular flexibility index (Phi) is 3.07. The lowest BCUT2D eigenvalue weighted by molar-refractivity contribution is 0.564. The van der Waals surface area contributed by atoms with Crippen molar-refractivity contribution in [2.24, 2.45) is 0 Å². The molecule has 1 heterocycles. The van der Waals surface area contributed by atoms with E-state index in [1.165, 1.54) is 0 Å². The van der Waals surface area contributed by atoms with E-state index in [2.05, 4.69) is 30.7 Å². The molecular formula is C15H18N2O. The zero-order valence-electron chi connectivity index (χ0n) is 11.2. The molecule has 0 radical (unpaired) electrons. The Morgan fingerprint density at radius 1 is 1.17 bits per heavy atom. The average molecular weight is 242 g/mol. The third-order valence-corrected chi connectivity index (χ3v) is 2.97. The van der Waals surface area contributed by atoms with Crippen molar-refractivity contribution in [3.05, 3.63) is 52.1 Å². The maximum atomic E-state index is 11.7. The number of hydrogen-bond acceptors (Lipinski definition) is 2. The smallest absolute Gasteiger partial charge is 0.309 e. The SMILES string of the molecule is Cc1ccccc1-c1cc(C(C)(C)C)[nH]c(=O)n1. The fourth-order valence-corrected chi connectivity index (χ4v) is 1.86. The number of aromatic nitrogens is 2. The zero-order valence-corrected chi connectivity index (χ0v) is 11.2. The Morgan fingerprint density at radius 2 is 1.83 bits per heavy atom. The summed E-state index contributed by atoms with van der Waals surface area (Å²) in [7, 11) is 0. The van der Waals surface area contributed by atoms with Gasteiger partial charge in [0.2, 0.25) is 0 Å². The molecule has 1 aromatic heterocycles. The standard InChI is InChI=1S/C15H18N2O/c1-10-7-5-6-8-11(10)12-9-13(15(2,3)4)17-14(18)16-12/h5-9H,1-4H3,(H,16,17,18). The van der Waals surface area contributed by atoms with Gasteiger partial charge in [0.15, 0.2) is 0 Å². The van der Waals surface area contributed by atoms with Crippen LogP contribution in [0.2, 0.25) is 0 Å². The van der Waals surface area contributed by atoms with Crippen LogP contribution in [0.15, 0.2) is 35.1 Å². The van der Waals surface area contributed by atoms with Crippen LogP contribution < -0.4 is 5.69 Å². The van der Waals surface area contributed by atoms with E-state index < -0.39 is 0 Å². The van der Waals surface area contributed by atoms with Gasteiger partial charge < -0.3 is 4.98 Å². The summed E-state index contributed by atoms with van der Waals surface area (Å²) >= 11 is 0. The summed E-state index contributed by atoms with van der Waals surface area (Å²) in [6, 6.07) is 9.92. The summed E-state index contributed by atoms with van der Waals surface area (Å²) in [6.07, 6.45) is 0. The fraction of sp³-hybridized carbons (Fsp3) is 0.333. The van der Waals surface area contributed by atoms with E-state index in [1.54, 1.807) is 0 Å². The number of hydrogen-bond donors (Lipinski definition) is 1. The van der Waals surface area contributed by atoms with Gasteiger partial charge in [-0.25, -0.2) is 4.79 Å². The second kappa shape index (κ2) is 4.41. The summed E-state index contributed by atoms with van der Waals surface area (Å²) in [5.41, 5.74) is 3.38. The van der Waals surface area contributed by atoms with Gasteiger partial charge in [0.05, 0.1) is 5.69 Å². The molecule has 0 saturated carbocycles. The lowest BCUT2D eigenvalue weighted by Gasteiger charge is -2.19. The van der Waals surface area contributed by atoms with Crippen LogP contribution in [0.3, 0.4) is 0 Å². The largest absolute Gasteiger partial charge is 0.345 e. The molecule has 0 atom stereocenters. The van der Waals surface area contributed by atoms with Crippen molar-refractivity contribution >= 4 is 0 Å². The minimum atomic E-state index is -0.291. The number of benzene rings is 1. The minimum absolute atomic E-state index is 0.0977. The first-order chi connectivity index (χ1) is 8.38. The monoisotopic (exact) mass is 242 g/mol. The van der Waals surface area contributed by atoms with Crippen molar-refractivity contribution < 1.29 is 0 Å². The molecule has 0 unspecified atom stereocenters. The van der Waals surface area contributed by atoms with Gasteiger partial charge in [-0.3, -0.25) is 0 Å². The van der Waals surface area contributed by atoms with Gasteiger partial charge in [0.1, 0.15) is 0 Å². The molecule has 0 aliphatic rings. The Labute approximate surface area is 107 Å². The van der Waals surface area contributed by atoms with Crippen LogP contribution in [-0.4, -0.2) is 9.97 Å². The van der Waals surface area contributed by atoms with Gasteiger partial charge >= 0.3 is 5.69 Å². The third kappa shape index (κ3) is 2.50. The van der Waals surface area contributed by atoms with Gasteiger partial charge in [-0.1, -0.05) is 45.0 Å². The van der Waals surface area contributed by atoms with E-state index in [0.717, 1.165) is 22.5 Å². The summed E-state index contributed by atoms with van der Waals surface area (Å²) in [6.45, 7) is 8.23. The first kappa shape index (κ1) is 12.6. The predicted molar refractivity (Wildman–Crippen MR) is 73.7 cm³/mol. The molecule has 0 amide bonds. The predicted octanol–water partition coefficient (Wildman–Crippen LogP) is 3.04. The molecule has 0 saturated heterocycles. The number of rotatable bonds is 1. The molecule has 94 valence electrons. The first-order valence-electron chi connectivity index (χ1n) is 6.06. The molecule has 0 spiro atoms. The normalized spacial score (nSPS) is 11.6. The maximum absolute atomic E-state index is 11.7. The van der Waals surface area contributed by atoms with Crippen molar-refractivity contribution in [2.75, 3.05) is 0 Å². The first-order valence-corrected chi connectivity index (χ1v) is 6.06. The lowest BCUT2D eigenvalue weighted by Crippen LogP contribution is -2.21. The van der Waals surface area contributed by atoms with Crippen molar-refractivity contribution in [2.45, 2.75) is 33.1 Å². The molecule has 1 aromatic carbocycles. The Bertz CT molecular complexity index is 621. The third-order valence-electron chi connectivity index (χ3n) is 2.97. The molecule has 0 aliphatic carbocycles. The minimum Gasteiger partial charge on any atom is -0.309 e. The van der Waals surface area contributed by atoms with E-state index in [1.807, 2.05) is 37.3 Å². The zero-order chi connectivity index (χ0) is 13.3. The Hall–Kier alpha value is -1.90. The molecule has 2 rings (SSSR count). The number of aromatic amines is 1. The highest BCUT2D eigenvalue weighted by Crippen LogP contribution is 2.25. The van der Waals surface area contributed by atoms with Gasteiger partial charge in [0.25, 0.3) is 0 Å². The van der Waals surface area contributed by atoms with E-state index in [-0.39, 0.29) is 11.1 Å². The van der Waals surface area contributed by atoms with Crippen LogP contribution in [0.5, 0.6) is 0 Å². The van der Waals surface area contributed by atoms with Gasteiger partial charge in [0, 0.05) is 16.7 Å². The van der Waals surface area contributed by atoms with Crippen LogP contribution in [-0.2, 0) is 5.41 Å². The van der Waals surface area contributed by atoms with Crippen molar-refractivity contribution in [1.29, 1.82) is 0 Å². The Balaban J connectivity index is 2.63. The molecule has 2 aromatic rings. The molecule has 18 heavy (non-hydrogen) atoms. The van der Waals surface area contributed by atoms with Crippen LogP contribution >= 0.6 is 0 Å². The van der Waals surface area contributed by atoms with Crippen molar-refractivity contribution in [3.8, 4) is 11.3 Å². The van der Waals surface area contributed by atoms with Crippen LogP contribution in [0, 0.1) is 6.92 Å². The molecule has 3 nitrogen and oxygen atoms in total. The van der Waals surface area contributed by atoms with Gasteiger partial charge in [-0.15, -0.1) is 0 Å². The highest BCUT2D eigenvalue weighted by molar-refractivity contribution is 5.63. The highest BCUT2D eigenvalue weighted by atomic mass is 16.1. The molecule has 3 heteroatoms.